The van der Waals surface area contributed by atoms with E-state index in [1.807, 2.05) is 0 Å². The molecule has 0 unspecified atom stereocenters. The van der Waals surface area contributed by atoms with Crippen LogP contribution in [0, 0.1) is 13.8 Å². The molecule has 12 heavy (non-hydrogen) atoms. The number of aryl methyl sites for hydroxylation is 1. The topological polar surface area (TPSA) is 57.5 Å². The van der Waals surface area contributed by atoms with E-state index in [1.165, 1.54) is 6.07 Å². The Balaban J connectivity index is 3.49. The molecule has 0 saturated carbocycles. The normalized spacial score (nSPS) is 9.83. The molecule has 1 rings (SSSR count). The molecular weight excluding hydrogens is 156 g/mol. The van der Waals surface area contributed by atoms with Gasteiger partial charge in [-0.1, -0.05) is 0 Å². The number of aromatic hydroxyl groups is 2. The van der Waals surface area contributed by atoms with Gasteiger partial charge in [0.15, 0.2) is 17.8 Å². The highest BCUT2D eigenvalue weighted by molar-refractivity contribution is 5.82. The average Bonchev–Trinajstić information content (AvgIpc) is 2.08. The van der Waals surface area contributed by atoms with Crippen LogP contribution in [-0.4, -0.2) is 16.5 Å². The van der Waals surface area contributed by atoms with Crippen LogP contribution in [0.1, 0.15) is 21.5 Å². The van der Waals surface area contributed by atoms with E-state index in [4.69, 9.17) is 0 Å². The predicted octanol–water partition coefficient (Wildman–Crippen LogP) is 1.53. The summed E-state index contributed by atoms with van der Waals surface area (Å²) in [5, 5.41) is 18.5. The smallest absolute Gasteiger partial charge is 0.168 e. The maximum Gasteiger partial charge on any atom is 0.168 e. The van der Waals surface area contributed by atoms with Crippen molar-refractivity contribution in [1.82, 2.24) is 0 Å². The zero-order valence-electron chi connectivity index (χ0n) is 6.96. The fraction of sp³-hybridized carbons (Fsp3) is 0.222. The van der Waals surface area contributed by atoms with Gasteiger partial charge in [-0.3, -0.25) is 4.79 Å². The van der Waals surface area contributed by atoms with Crippen LogP contribution in [0.2, 0.25) is 0 Å². The lowest BCUT2D eigenvalue weighted by Crippen LogP contribution is -1.88. The molecule has 2 N–H and O–H groups in total. The molecule has 1 aromatic rings. The Labute approximate surface area is 70.3 Å². The monoisotopic (exact) mass is 166 g/mol. The molecule has 3 nitrogen and oxygen atoms in total. The van der Waals surface area contributed by atoms with Gasteiger partial charge < -0.3 is 10.2 Å². The van der Waals surface area contributed by atoms with E-state index >= 15 is 0 Å². The predicted molar refractivity (Wildman–Crippen MR) is 44.6 cm³/mol. The zero-order chi connectivity index (χ0) is 9.30. The van der Waals surface area contributed by atoms with Crippen LogP contribution < -0.4 is 0 Å². The van der Waals surface area contributed by atoms with Crippen LogP contribution in [0.25, 0.3) is 0 Å². The summed E-state index contributed by atoms with van der Waals surface area (Å²) in [4.78, 5) is 10.4. The van der Waals surface area contributed by atoms with Gasteiger partial charge in [0.2, 0.25) is 0 Å². The molecule has 0 fully saturated rings. The van der Waals surface area contributed by atoms with Gasteiger partial charge in [0.05, 0.1) is 5.56 Å². The molecule has 0 spiro atoms. The van der Waals surface area contributed by atoms with Crippen molar-refractivity contribution in [3.05, 3.63) is 22.8 Å². The fourth-order valence-electron chi connectivity index (χ4n) is 1.00. The SMILES string of the molecule is Cc1cc(C=O)c(O)c(O)c1C. The highest BCUT2D eigenvalue weighted by Gasteiger charge is 2.10. The number of aldehydes is 1. The molecule has 1 aromatic carbocycles. The Morgan fingerprint density at radius 1 is 1.25 bits per heavy atom. The maximum absolute atomic E-state index is 10.4. The summed E-state index contributed by atoms with van der Waals surface area (Å²) in [5.74, 6) is -0.551. The average molecular weight is 166 g/mol. The van der Waals surface area contributed by atoms with Crippen molar-refractivity contribution in [1.29, 1.82) is 0 Å². The molecular formula is C9H10O3. The third kappa shape index (κ3) is 1.13. The first kappa shape index (κ1) is 8.59. The minimum atomic E-state index is -0.340. The van der Waals surface area contributed by atoms with Gasteiger partial charge in [-0.25, -0.2) is 0 Å². The number of rotatable bonds is 1. The summed E-state index contributed by atoms with van der Waals surface area (Å²) in [6.45, 7) is 3.44. The number of phenols is 2. The number of carbonyl (C=O) groups is 1. The molecule has 0 amide bonds. The summed E-state index contributed by atoms with van der Waals surface area (Å²) in [5.41, 5.74) is 1.50. The van der Waals surface area contributed by atoms with Crippen molar-refractivity contribution in [3.63, 3.8) is 0 Å². The van der Waals surface area contributed by atoms with Gasteiger partial charge in [-0.15, -0.1) is 0 Å². The van der Waals surface area contributed by atoms with Crippen LogP contribution in [0.5, 0.6) is 11.5 Å². The van der Waals surface area contributed by atoms with Gasteiger partial charge in [0, 0.05) is 0 Å². The van der Waals surface area contributed by atoms with Crippen LogP contribution in [0.4, 0.5) is 0 Å². The largest absolute Gasteiger partial charge is 0.504 e. The molecule has 0 atom stereocenters. The molecule has 0 heterocycles. The van der Waals surface area contributed by atoms with Crippen molar-refractivity contribution >= 4 is 6.29 Å². The van der Waals surface area contributed by atoms with Crippen LogP contribution in [0.15, 0.2) is 6.07 Å². The lowest BCUT2D eigenvalue weighted by atomic mass is 10.0. The third-order valence-corrected chi connectivity index (χ3v) is 1.94. The second kappa shape index (κ2) is 2.85. The van der Waals surface area contributed by atoms with Gasteiger partial charge in [-0.2, -0.15) is 0 Å². The lowest BCUT2D eigenvalue weighted by molar-refractivity contribution is 0.112. The van der Waals surface area contributed by atoms with E-state index in [1.54, 1.807) is 13.8 Å². The van der Waals surface area contributed by atoms with Crippen molar-refractivity contribution in [2.24, 2.45) is 0 Å². The minimum Gasteiger partial charge on any atom is -0.504 e. The van der Waals surface area contributed by atoms with Crippen molar-refractivity contribution in [3.8, 4) is 11.5 Å². The second-order valence-electron chi connectivity index (χ2n) is 2.72. The molecule has 0 aromatic heterocycles. The fourth-order valence-corrected chi connectivity index (χ4v) is 1.00. The van der Waals surface area contributed by atoms with Gasteiger partial charge in [-0.05, 0) is 31.0 Å². The van der Waals surface area contributed by atoms with Crippen LogP contribution in [0.3, 0.4) is 0 Å². The standard InChI is InChI=1S/C9H10O3/c1-5-3-7(4-10)9(12)8(11)6(5)2/h3-4,11-12H,1-2H3. The first-order valence-electron chi connectivity index (χ1n) is 3.55. The highest BCUT2D eigenvalue weighted by Crippen LogP contribution is 2.33. The Hall–Kier alpha value is -1.51. The van der Waals surface area contributed by atoms with E-state index in [9.17, 15) is 15.0 Å². The summed E-state index contributed by atoms with van der Waals surface area (Å²) in [6, 6.07) is 1.54. The number of hydrogen-bond donors (Lipinski definition) is 2. The van der Waals surface area contributed by atoms with Gasteiger partial charge >= 0.3 is 0 Å². The molecule has 3 heteroatoms. The van der Waals surface area contributed by atoms with E-state index in [0.717, 1.165) is 5.56 Å². The summed E-state index contributed by atoms with van der Waals surface area (Å²) >= 11 is 0. The zero-order valence-corrected chi connectivity index (χ0v) is 6.96. The van der Waals surface area contributed by atoms with E-state index in [2.05, 4.69) is 0 Å². The van der Waals surface area contributed by atoms with E-state index in [0.29, 0.717) is 11.8 Å². The molecule has 0 aliphatic carbocycles. The Kier molecular flexibility index (Phi) is 2.04. The first-order chi connectivity index (χ1) is 5.57. The van der Waals surface area contributed by atoms with Crippen molar-refractivity contribution < 1.29 is 15.0 Å². The number of phenolic OH excluding ortho intramolecular Hbond substituents is 2. The van der Waals surface area contributed by atoms with Crippen molar-refractivity contribution in [2.75, 3.05) is 0 Å². The second-order valence-corrected chi connectivity index (χ2v) is 2.72. The Bertz CT molecular complexity index is 329. The Morgan fingerprint density at radius 3 is 2.33 bits per heavy atom. The quantitative estimate of drug-likeness (QED) is 0.491. The van der Waals surface area contributed by atoms with E-state index < -0.39 is 0 Å². The maximum atomic E-state index is 10.4. The molecule has 0 bridgehead atoms. The number of hydrogen-bond acceptors (Lipinski definition) is 3. The summed E-state index contributed by atoms with van der Waals surface area (Å²) in [7, 11) is 0. The highest BCUT2D eigenvalue weighted by atomic mass is 16.3. The van der Waals surface area contributed by atoms with Gasteiger partial charge in [0.1, 0.15) is 0 Å². The minimum absolute atomic E-state index is 0.121. The first-order valence-corrected chi connectivity index (χ1v) is 3.55. The molecule has 0 aliphatic rings. The molecule has 64 valence electrons. The number of benzene rings is 1. The van der Waals surface area contributed by atoms with Crippen LogP contribution >= 0.6 is 0 Å². The third-order valence-electron chi connectivity index (χ3n) is 1.94. The summed E-state index contributed by atoms with van der Waals surface area (Å²) in [6.07, 6.45) is 0.515. The van der Waals surface area contributed by atoms with E-state index in [-0.39, 0.29) is 17.1 Å². The number of carbonyl (C=O) groups excluding carboxylic acids is 1. The van der Waals surface area contributed by atoms with Crippen LogP contribution in [-0.2, 0) is 0 Å². The van der Waals surface area contributed by atoms with Gasteiger partial charge in [0.25, 0.3) is 0 Å². The molecule has 0 saturated heterocycles. The lowest BCUT2D eigenvalue weighted by Gasteiger charge is -2.06. The molecule has 0 radical (unpaired) electrons. The molecule has 0 aliphatic heterocycles. The Morgan fingerprint density at radius 2 is 1.83 bits per heavy atom. The van der Waals surface area contributed by atoms with Crippen molar-refractivity contribution in [2.45, 2.75) is 13.8 Å². The summed E-state index contributed by atoms with van der Waals surface area (Å²) < 4.78 is 0.